The van der Waals surface area contributed by atoms with Gasteiger partial charge in [-0.05, 0) is 18.2 Å². The van der Waals surface area contributed by atoms with Gasteiger partial charge in [-0.2, -0.15) is 0 Å². The van der Waals surface area contributed by atoms with E-state index in [1.54, 1.807) is 12.1 Å². The summed E-state index contributed by atoms with van der Waals surface area (Å²) in [5.74, 6) is 6.26. The average molecular weight is 347 g/mol. The van der Waals surface area contributed by atoms with E-state index in [2.05, 4.69) is 20.9 Å². The molecule has 0 saturated carbocycles. The molecule has 0 aliphatic rings. The molecule has 0 aliphatic heterocycles. The highest BCUT2D eigenvalue weighted by atomic mass is 79.9. The fourth-order valence-electron chi connectivity index (χ4n) is 2.11. The van der Waals surface area contributed by atoms with Crippen molar-refractivity contribution < 1.29 is 4.39 Å². The monoisotopic (exact) mass is 346 g/mol. The first-order valence-corrected chi connectivity index (χ1v) is 7.01. The number of nitrogen functional groups attached to an aromatic ring is 2. The normalized spacial score (nSPS) is 10.8. The first-order valence-electron chi connectivity index (χ1n) is 6.22. The second-order valence-electron chi connectivity index (χ2n) is 4.53. The predicted molar refractivity (Wildman–Crippen MR) is 85.3 cm³/mol. The Morgan fingerprint density at radius 2 is 1.81 bits per heavy atom. The highest BCUT2D eigenvalue weighted by Gasteiger charge is 2.18. The summed E-state index contributed by atoms with van der Waals surface area (Å²) in [6.07, 6.45) is 0. The molecule has 0 radical (unpaired) electrons. The molecule has 2 aromatic carbocycles. The summed E-state index contributed by atoms with van der Waals surface area (Å²) in [6.45, 7) is 0. The van der Waals surface area contributed by atoms with Gasteiger partial charge in [-0.3, -0.25) is 0 Å². The summed E-state index contributed by atoms with van der Waals surface area (Å²) in [5.41, 5.74) is 7.44. The molecule has 0 bridgehead atoms. The number of rotatable bonds is 2. The lowest BCUT2D eigenvalue weighted by Crippen LogP contribution is -2.13. The van der Waals surface area contributed by atoms with E-state index in [4.69, 9.17) is 11.6 Å². The Bertz CT molecular complexity index is 799. The minimum atomic E-state index is -0.400. The first-order chi connectivity index (χ1) is 10.1. The summed E-state index contributed by atoms with van der Waals surface area (Å²) >= 11 is 3.32. The lowest BCUT2D eigenvalue weighted by Gasteiger charge is -2.03. The molecule has 1 heterocycles. The third kappa shape index (κ3) is 2.38. The zero-order valence-corrected chi connectivity index (χ0v) is 12.5. The summed E-state index contributed by atoms with van der Waals surface area (Å²) in [4.78, 5) is 4.40. The minimum absolute atomic E-state index is 0.214. The molecule has 3 aromatic rings. The number of anilines is 1. The van der Waals surface area contributed by atoms with Gasteiger partial charge in [0.05, 0.1) is 0 Å². The van der Waals surface area contributed by atoms with Crippen molar-refractivity contribution in [2.45, 2.75) is 0 Å². The van der Waals surface area contributed by atoms with Crippen LogP contribution in [0.4, 0.5) is 10.2 Å². The molecule has 1 aromatic heterocycles. The Kier molecular flexibility index (Phi) is 3.39. The van der Waals surface area contributed by atoms with Crippen molar-refractivity contribution in [1.82, 2.24) is 9.66 Å². The van der Waals surface area contributed by atoms with Crippen LogP contribution < -0.4 is 11.6 Å². The summed E-state index contributed by atoms with van der Waals surface area (Å²) in [5, 5.41) is 0. The molecule has 106 valence electrons. The summed E-state index contributed by atoms with van der Waals surface area (Å²) in [6, 6.07) is 14.0. The Balaban J connectivity index is 2.20. The first kappa shape index (κ1) is 13.6. The van der Waals surface area contributed by atoms with Crippen molar-refractivity contribution >= 4 is 21.7 Å². The number of imidazole rings is 1. The molecule has 0 amide bonds. The standard InChI is InChI=1S/C15H12BrFN4/c16-10-6-7-12(17)11(8-10)13-14(18)21(19)15(20-13)9-4-2-1-3-5-9/h1-8H,18-19H2. The van der Waals surface area contributed by atoms with Gasteiger partial charge in [-0.25, -0.2) is 14.1 Å². The van der Waals surface area contributed by atoms with E-state index in [1.165, 1.54) is 10.7 Å². The SMILES string of the molecule is Nc1c(-c2cc(Br)ccc2F)nc(-c2ccccc2)n1N. The maximum absolute atomic E-state index is 14.0. The van der Waals surface area contributed by atoms with E-state index in [9.17, 15) is 4.39 Å². The van der Waals surface area contributed by atoms with Crippen molar-refractivity contribution in [1.29, 1.82) is 0 Å². The van der Waals surface area contributed by atoms with E-state index < -0.39 is 5.82 Å². The van der Waals surface area contributed by atoms with Crippen molar-refractivity contribution in [3.05, 3.63) is 58.8 Å². The summed E-state index contributed by atoms with van der Waals surface area (Å²) < 4.78 is 16.0. The lowest BCUT2D eigenvalue weighted by atomic mass is 10.1. The molecule has 3 rings (SSSR count). The molecule has 0 unspecified atom stereocenters. The Morgan fingerprint density at radius 1 is 1.10 bits per heavy atom. The number of benzene rings is 2. The van der Waals surface area contributed by atoms with Crippen molar-refractivity contribution in [2.75, 3.05) is 11.6 Å². The Morgan fingerprint density at radius 3 is 2.52 bits per heavy atom. The van der Waals surface area contributed by atoms with E-state index >= 15 is 0 Å². The smallest absolute Gasteiger partial charge is 0.160 e. The topological polar surface area (TPSA) is 69.9 Å². The van der Waals surface area contributed by atoms with Crippen molar-refractivity contribution in [3.8, 4) is 22.6 Å². The highest BCUT2D eigenvalue weighted by molar-refractivity contribution is 9.10. The zero-order valence-electron chi connectivity index (χ0n) is 10.9. The fourth-order valence-corrected chi connectivity index (χ4v) is 2.47. The Hall–Kier alpha value is -2.34. The van der Waals surface area contributed by atoms with Crippen LogP contribution in [-0.4, -0.2) is 9.66 Å². The van der Waals surface area contributed by atoms with E-state index in [-0.39, 0.29) is 5.82 Å². The predicted octanol–water partition coefficient (Wildman–Crippen LogP) is 3.41. The van der Waals surface area contributed by atoms with Crippen LogP contribution in [0.25, 0.3) is 22.6 Å². The van der Waals surface area contributed by atoms with E-state index in [0.717, 1.165) is 10.0 Å². The van der Waals surface area contributed by atoms with Crippen LogP contribution in [0.1, 0.15) is 0 Å². The average Bonchev–Trinajstić information content (AvgIpc) is 2.79. The molecular formula is C15H12BrFN4. The van der Waals surface area contributed by atoms with Crippen LogP contribution >= 0.6 is 15.9 Å². The quantitative estimate of drug-likeness (QED) is 0.698. The van der Waals surface area contributed by atoms with Gasteiger partial charge in [0.2, 0.25) is 0 Å². The van der Waals surface area contributed by atoms with Gasteiger partial charge < -0.3 is 11.6 Å². The number of hydrogen-bond acceptors (Lipinski definition) is 3. The van der Waals surface area contributed by atoms with Gasteiger partial charge in [0, 0.05) is 15.6 Å². The molecule has 0 spiro atoms. The molecule has 0 fully saturated rings. The van der Waals surface area contributed by atoms with Crippen LogP contribution in [-0.2, 0) is 0 Å². The van der Waals surface area contributed by atoms with Gasteiger partial charge in [-0.15, -0.1) is 0 Å². The third-order valence-electron chi connectivity index (χ3n) is 3.16. The molecule has 4 N–H and O–H groups in total. The molecule has 0 aliphatic carbocycles. The van der Waals surface area contributed by atoms with Gasteiger partial charge in [0.1, 0.15) is 11.5 Å². The number of hydrogen-bond donors (Lipinski definition) is 2. The van der Waals surface area contributed by atoms with Crippen LogP contribution in [0, 0.1) is 5.82 Å². The van der Waals surface area contributed by atoms with Gasteiger partial charge in [-0.1, -0.05) is 46.3 Å². The minimum Gasteiger partial charge on any atom is -0.382 e. The highest BCUT2D eigenvalue weighted by Crippen LogP contribution is 2.32. The largest absolute Gasteiger partial charge is 0.382 e. The zero-order chi connectivity index (χ0) is 15.0. The van der Waals surface area contributed by atoms with E-state index in [1.807, 2.05) is 30.3 Å². The number of aromatic nitrogens is 2. The van der Waals surface area contributed by atoms with Gasteiger partial charge in [0.15, 0.2) is 11.6 Å². The fraction of sp³-hybridized carbons (Fsp3) is 0. The Labute approximate surface area is 129 Å². The molecule has 4 nitrogen and oxygen atoms in total. The van der Waals surface area contributed by atoms with Gasteiger partial charge in [0.25, 0.3) is 0 Å². The molecule has 21 heavy (non-hydrogen) atoms. The second-order valence-corrected chi connectivity index (χ2v) is 5.45. The van der Waals surface area contributed by atoms with Crippen molar-refractivity contribution in [2.24, 2.45) is 0 Å². The second kappa shape index (κ2) is 5.21. The van der Waals surface area contributed by atoms with Gasteiger partial charge >= 0.3 is 0 Å². The third-order valence-corrected chi connectivity index (χ3v) is 3.66. The maximum Gasteiger partial charge on any atom is 0.160 e. The molecular weight excluding hydrogens is 335 g/mol. The van der Waals surface area contributed by atoms with Crippen LogP contribution in [0.5, 0.6) is 0 Å². The molecule has 0 atom stereocenters. The van der Waals surface area contributed by atoms with Crippen molar-refractivity contribution in [3.63, 3.8) is 0 Å². The number of nitrogens with zero attached hydrogens (tertiary/aromatic N) is 2. The number of halogens is 2. The van der Waals surface area contributed by atoms with Crippen LogP contribution in [0.3, 0.4) is 0 Å². The van der Waals surface area contributed by atoms with E-state index in [0.29, 0.717) is 17.1 Å². The van der Waals surface area contributed by atoms with Crippen LogP contribution in [0.2, 0.25) is 0 Å². The molecule has 0 saturated heterocycles. The summed E-state index contributed by atoms with van der Waals surface area (Å²) in [7, 11) is 0. The lowest BCUT2D eigenvalue weighted by molar-refractivity contribution is 0.630. The maximum atomic E-state index is 14.0. The number of nitrogens with two attached hydrogens (primary N) is 2. The van der Waals surface area contributed by atoms with Crippen LogP contribution in [0.15, 0.2) is 53.0 Å². The molecule has 6 heteroatoms.